The third-order valence-corrected chi connectivity index (χ3v) is 3.78. The van der Waals surface area contributed by atoms with E-state index in [2.05, 4.69) is 10.2 Å². The molecule has 0 aromatic heterocycles. The predicted molar refractivity (Wildman–Crippen MR) is 84.7 cm³/mol. The van der Waals surface area contributed by atoms with Crippen LogP contribution in [0.15, 0.2) is 24.3 Å². The first-order valence-electron chi connectivity index (χ1n) is 7.87. The zero-order valence-corrected chi connectivity index (χ0v) is 13.0. The molecule has 0 spiro atoms. The highest BCUT2D eigenvalue weighted by atomic mass is 19.4. The smallest absolute Gasteiger partial charge is 0.374 e. The lowest BCUT2D eigenvalue weighted by molar-refractivity contribution is -0.137. The number of anilines is 2. The summed E-state index contributed by atoms with van der Waals surface area (Å²) < 4.78 is 36.2. The van der Waals surface area contributed by atoms with Crippen molar-refractivity contribution in [3.05, 3.63) is 24.3 Å². The molecule has 1 saturated heterocycles. The minimum atomic E-state index is -4.39. The lowest BCUT2D eigenvalue weighted by Gasteiger charge is -2.25. The summed E-state index contributed by atoms with van der Waals surface area (Å²) >= 11 is 0. The number of amides is 1. The summed E-state index contributed by atoms with van der Waals surface area (Å²) in [6.45, 7) is 0.431. The molecule has 2 rings (SSSR count). The van der Waals surface area contributed by atoms with E-state index in [9.17, 15) is 18.0 Å². The van der Waals surface area contributed by atoms with Gasteiger partial charge in [0, 0.05) is 13.1 Å². The first-order valence-corrected chi connectivity index (χ1v) is 7.87. The van der Waals surface area contributed by atoms with Crippen molar-refractivity contribution in [2.45, 2.75) is 31.9 Å². The Morgan fingerprint density at radius 1 is 1.09 bits per heavy atom. The number of nitrogens with one attached hydrogen (secondary N) is 2. The quantitative estimate of drug-likeness (QED) is 0.872. The monoisotopic (exact) mass is 329 g/mol. The molecular weight excluding hydrogens is 307 g/mol. The number of carbonyl (C=O) groups excluding carboxylic acids is 1. The highest BCUT2D eigenvalue weighted by Gasteiger charge is 2.27. The van der Waals surface area contributed by atoms with E-state index in [0.29, 0.717) is 0 Å². The molecule has 1 aliphatic rings. The van der Waals surface area contributed by atoms with Crippen LogP contribution in [0.25, 0.3) is 0 Å². The maximum atomic E-state index is 12.1. The number of benzene rings is 1. The largest absolute Gasteiger partial charge is 0.405 e. The van der Waals surface area contributed by atoms with Crippen molar-refractivity contribution in [2.75, 3.05) is 36.4 Å². The van der Waals surface area contributed by atoms with Gasteiger partial charge in [-0.25, -0.2) is 0 Å². The molecular formula is C16H22F3N3O. The molecule has 0 saturated carbocycles. The summed E-state index contributed by atoms with van der Waals surface area (Å²) in [5, 5.41) is 4.81. The number of alkyl halides is 3. The van der Waals surface area contributed by atoms with Gasteiger partial charge >= 0.3 is 6.18 Å². The molecule has 1 amide bonds. The molecule has 1 aromatic rings. The number of halogens is 3. The highest BCUT2D eigenvalue weighted by molar-refractivity contribution is 5.82. The number of hydrogen-bond acceptors (Lipinski definition) is 3. The van der Waals surface area contributed by atoms with Crippen molar-refractivity contribution in [3.63, 3.8) is 0 Å². The Bertz CT molecular complexity index is 512. The molecule has 23 heavy (non-hydrogen) atoms. The number of rotatable bonds is 5. The Morgan fingerprint density at radius 3 is 2.39 bits per heavy atom. The number of hydrogen-bond donors (Lipinski definition) is 2. The van der Waals surface area contributed by atoms with Crippen LogP contribution in [-0.4, -0.2) is 38.3 Å². The van der Waals surface area contributed by atoms with E-state index >= 15 is 0 Å². The number of nitrogens with zero attached hydrogens (tertiary/aromatic N) is 1. The van der Waals surface area contributed by atoms with Crippen LogP contribution in [-0.2, 0) is 4.79 Å². The van der Waals surface area contributed by atoms with Crippen LogP contribution >= 0.6 is 0 Å². The number of carbonyl (C=O) groups is 1. The fourth-order valence-corrected chi connectivity index (χ4v) is 2.65. The molecule has 1 heterocycles. The van der Waals surface area contributed by atoms with Gasteiger partial charge < -0.3 is 15.5 Å². The van der Waals surface area contributed by atoms with Gasteiger partial charge in [-0.3, -0.25) is 4.79 Å². The van der Waals surface area contributed by atoms with Crippen LogP contribution in [0.4, 0.5) is 24.5 Å². The minimum Gasteiger partial charge on any atom is -0.374 e. The summed E-state index contributed by atoms with van der Waals surface area (Å²) in [5.41, 5.74) is 1.77. The van der Waals surface area contributed by atoms with Gasteiger partial charge in [0.05, 0.1) is 17.9 Å². The van der Waals surface area contributed by atoms with Crippen molar-refractivity contribution in [3.8, 4) is 0 Å². The molecule has 0 radical (unpaired) electrons. The Kier molecular flexibility index (Phi) is 6.12. The van der Waals surface area contributed by atoms with Crippen molar-refractivity contribution in [2.24, 2.45) is 0 Å². The second kappa shape index (κ2) is 8.08. The van der Waals surface area contributed by atoms with Crippen molar-refractivity contribution in [1.82, 2.24) is 5.32 Å². The van der Waals surface area contributed by atoms with E-state index in [-0.39, 0.29) is 6.54 Å². The molecule has 1 aliphatic heterocycles. The zero-order chi connectivity index (χ0) is 16.7. The van der Waals surface area contributed by atoms with Gasteiger partial charge in [-0.05, 0) is 25.0 Å². The average Bonchev–Trinajstić information content (AvgIpc) is 2.79. The SMILES string of the molecule is O=C(CNc1ccccc1N1CCCCCC1)NCC(F)(F)F. The van der Waals surface area contributed by atoms with E-state index in [1.165, 1.54) is 12.8 Å². The third kappa shape index (κ3) is 6.00. The van der Waals surface area contributed by atoms with Gasteiger partial charge in [-0.2, -0.15) is 13.2 Å². The maximum Gasteiger partial charge on any atom is 0.405 e. The second-order valence-electron chi connectivity index (χ2n) is 5.66. The predicted octanol–water partition coefficient (Wildman–Crippen LogP) is 3.16. The standard InChI is InChI=1S/C16H22F3N3O/c17-16(18,19)12-21-15(23)11-20-13-7-3-4-8-14(13)22-9-5-1-2-6-10-22/h3-4,7-8,20H,1-2,5-6,9-12H2,(H,21,23). The fourth-order valence-electron chi connectivity index (χ4n) is 2.65. The Hall–Kier alpha value is -1.92. The molecule has 128 valence electrons. The summed E-state index contributed by atoms with van der Waals surface area (Å²) in [5.74, 6) is -0.673. The summed E-state index contributed by atoms with van der Waals surface area (Å²) in [4.78, 5) is 13.8. The molecule has 2 N–H and O–H groups in total. The second-order valence-corrected chi connectivity index (χ2v) is 5.66. The van der Waals surface area contributed by atoms with Gasteiger partial charge in [-0.15, -0.1) is 0 Å². The Morgan fingerprint density at radius 2 is 1.74 bits per heavy atom. The normalized spacial score (nSPS) is 15.9. The van der Waals surface area contributed by atoms with Crippen LogP contribution in [0.3, 0.4) is 0 Å². The van der Waals surface area contributed by atoms with Crippen molar-refractivity contribution < 1.29 is 18.0 Å². The molecule has 1 aromatic carbocycles. The van der Waals surface area contributed by atoms with Gasteiger partial charge in [0.2, 0.25) is 5.91 Å². The Labute approximate surface area is 134 Å². The third-order valence-electron chi connectivity index (χ3n) is 3.78. The maximum absolute atomic E-state index is 12.1. The van der Waals surface area contributed by atoms with Gasteiger partial charge in [0.1, 0.15) is 6.54 Å². The van der Waals surface area contributed by atoms with Crippen LogP contribution in [0.1, 0.15) is 25.7 Å². The van der Waals surface area contributed by atoms with Gasteiger partial charge in [-0.1, -0.05) is 25.0 Å². The molecule has 0 atom stereocenters. The van der Waals surface area contributed by atoms with E-state index in [1.54, 1.807) is 0 Å². The lowest BCUT2D eigenvalue weighted by Crippen LogP contribution is -2.37. The topological polar surface area (TPSA) is 44.4 Å². The van der Waals surface area contributed by atoms with Crippen molar-refractivity contribution >= 4 is 17.3 Å². The summed E-state index contributed by atoms with van der Waals surface area (Å²) in [6, 6.07) is 7.59. The zero-order valence-electron chi connectivity index (χ0n) is 13.0. The Balaban J connectivity index is 1.93. The van der Waals surface area contributed by atoms with Crippen LogP contribution in [0.5, 0.6) is 0 Å². The number of para-hydroxylation sites is 2. The summed E-state index contributed by atoms with van der Waals surface area (Å²) in [7, 11) is 0. The van der Waals surface area contributed by atoms with E-state index in [4.69, 9.17) is 0 Å². The van der Waals surface area contributed by atoms with E-state index in [1.807, 2.05) is 29.6 Å². The average molecular weight is 329 g/mol. The van der Waals surface area contributed by atoms with Crippen LogP contribution < -0.4 is 15.5 Å². The fraction of sp³-hybridized carbons (Fsp3) is 0.562. The first kappa shape index (κ1) is 17.4. The molecule has 7 heteroatoms. The van der Waals surface area contributed by atoms with Gasteiger partial charge in [0.15, 0.2) is 0 Å². The van der Waals surface area contributed by atoms with E-state index < -0.39 is 18.6 Å². The minimum absolute atomic E-state index is 0.180. The summed E-state index contributed by atoms with van der Waals surface area (Å²) in [6.07, 6.45) is 0.290. The van der Waals surface area contributed by atoms with Crippen LogP contribution in [0.2, 0.25) is 0 Å². The molecule has 0 bridgehead atoms. The first-order chi connectivity index (χ1) is 11.0. The molecule has 0 unspecified atom stereocenters. The van der Waals surface area contributed by atoms with E-state index in [0.717, 1.165) is 37.3 Å². The van der Waals surface area contributed by atoms with Gasteiger partial charge in [0.25, 0.3) is 0 Å². The molecule has 1 fully saturated rings. The highest BCUT2D eigenvalue weighted by Crippen LogP contribution is 2.27. The molecule has 4 nitrogen and oxygen atoms in total. The van der Waals surface area contributed by atoms with Crippen LogP contribution in [0, 0.1) is 0 Å². The van der Waals surface area contributed by atoms with Crippen molar-refractivity contribution in [1.29, 1.82) is 0 Å². The molecule has 0 aliphatic carbocycles. The lowest BCUT2D eigenvalue weighted by atomic mass is 10.2.